The molecule has 1 atom stereocenters. The maximum Gasteiger partial charge on any atom is 0.234 e. The molecule has 2 aromatic heterocycles. The Labute approximate surface area is 90.3 Å². The SMILES string of the molecule is c1nnc2sc(CC3CNCCO3)nn12. The standard InChI is InChI=1S/C8H11N5OS/c1-2-14-6(4-9-1)3-7-12-13-5-10-11-8(13)15-7/h5-6,9H,1-4H2. The van der Waals surface area contributed by atoms with Gasteiger partial charge in [0, 0.05) is 19.5 Å². The molecule has 1 aliphatic rings. The number of nitrogens with one attached hydrogen (secondary N) is 1. The van der Waals surface area contributed by atoms with Crippen LogP contribution in [-0.2, 0) is 11.2 Å². The van der Waals surface area contributed by atoms with Gasteiger partial charge in [-0.3, -0.25) is 0 Å². The number of nitrogens with zero attached hydrogens (tertiary/aromatic N) is 4. The minimum Gasteiger partial charge on any atom is -0.375 e. The van der Waals surface area contributed by atoms with Crippen molar-refractivity contribution in [2.45, 2.75) is 12.5 Å². The second kappa shape index (κ2) is 3.84. The number of fused-ring (bicyclic) bond motifs is 1. The van der Waals surface area contributed by atoms with Crippen LogP contribution in [0.4, 0.5) is 0 Å². The summed E-state index contributed by atoms with van der Waals surface area (Å²) in [5.74, 6) is 0. The Morgan fingerprint density at radius 2 is 2.67 bits per heavy atom. The first kappa shape index (κ1) is 9.20. The molecule has 0 bridgehead atoms. The number of ether oxygens (including phenoxy) is 1. The Kier molecular flexibility index (Phi) is 2.35. The van der Waals surface area contributed by atoms with Crippen LogP contribution >= 0.6 is 11.3 Å². The van der Waals surface area contributed by atoms with Gasteiger partial charge in [-0.1, -0.05) is 11.3 Å². The van der Waals surface area contributed by atoms with Crippen LogP contribution in [-0.4, -0.2) is 45.6 Å². The normalized spacial score (nSPS) is 22.3. The topological polar surface area (TPSA) is 64.3 Å². The van der Waals surface area contributed by atoms with Gasteiger partial charge in [0.1, 0.15) is 11.3 Å². The van der Waals surface area contributed by atoms with E-state index in [1.807, 2.05) is 0 Å². The Hall–Kier alpha value is -1.05. The molecule has 0 aliphatic carbocycles. The molecule has 7 heteroatoms. The highest BCUT2D eigenvalue weighted by Crippen LogP contribution is 2.14. The van der Waals surface area contributed by atoms with Gasteiger partial charge in [-0.25, -0.2) is 0 Å². The van der Waals surface area contributed by atoms with Gasteiger partial charge in [0.15, 0.2) is 0 Å². The van der Waals surface area contributed by atoms with E-state index < -0.39 is 0 Å². The number of rotatable bonds is 2. The van der Waals surface area contributed by atoms with E-state index in [2.05, 4.69) is 20.6 Å². The summed E-state index contributed by atoms with van der Waals surface area (Å²) in [4.78, 5) is 0.841. The number of morpholine rings is 1. The molecule has 0 saturated carbocycles. The fourth-order valence-corrected chi connectivity index (χ4v) is 2.51. The molecule has 1 aliphatic heterocycles. The molecule has 0 amide bonds. The summed E-state index contributed by atoms with van der Waals surface area (Å²) >= 11 is 1.57. The third kappa shape index (κ3) is 1.85. The molecule has 1 fully saturated rings. The van der Waals surface area contributed by atoms with E-state index in [9.17, 15) is 0 Å². The highest BCUT2D eigenvalue weighted by molar-refractivity contribution is 7.16. The van der Waals surface area contributed by atoms with Crippen LogP contribution in [0.1, 0.15) is 5.01 Å². The van der Waals surface area contributed by atoms with E-state index in [0.717, 1.165) is 36.1 Å². The van der Waals surface area contributed by atoms with Gasteiger partial charge in [-0.2, -0.15) is 9.61 Å². The van der Waals surface area contributed by atoms with E-state index in [4.69, 9.17) is 4.74 Å². The molecule has 0 aromatic carbocycles. The lowest BCUT2D eigenvalue weighted by Crippen LogP contribution is -2.39. The molecule has 15 heavy (non-hydrogen) atoms. The minimum atomic E-state index is 0.238. The molecule has 1 unspecified atom stereocenters. The van der Waals surface area contributed by atoms with Crippen LogP contribution in [0.25, 0.3) is 4.96 Å². The molecule has 0 radical (unpaired) electrons. The lowest BCUT2D eigenvalue weighted by atomic mass is 10.2. The summed E-state index contributed by atoms with van der Waals surface area (Å²) in [6.07, 6.45) is 2.71. The summed E-state index contributed by atoms with van der Waals surface area (Å²) in [5.41, 5.74) is 0. The Bertz CT molecular complexity index is 418. The van der Waals surface area contributed by atoms with E-state index in [1.165, 1.54) is 0 Å². The third-order valence-electron chi connectivity index (χ3n) is 2.34. The highest BCUT2D eigenvalue weighted by Gasteiger charge is 2.16. The van der Waals surface area contributed by atoms with E-state index in [0.29, 0.717) is 0 Å². The molecule has 3 heterocycles. The van der Waals surface area contributed by atoms with Gasteiger partial charge in [-0.05, 0) is 0 Å². The molecule has 1 N–H and O–H groups in total. The fraction of sp³-hybridized carbons (Fsp3) is 0.625. The first-order valence-corrected chi connectivity index (χ1v) is 5.71. The molecular weight excluding hydrogens is 214 g/mol. The predicted octanol–water partition coefficient (Wildman–Crippen LogP) is -0.283. The van der Waals surface area contributed by atoms with Crippen LogP contribution in [0.3, 0.4) is 0 Å². The number of aromatic nitrogens is 4. The maximum atomic E-state index is 5.61. The molecule has 1 saturated heterocycles. The van der Waals surface area contributed by atoms with Gasteiger partial charge >= 0.3 is 0 Å². The second-order valence-corrected chi connectivity index (χ2v) is 4.50. The van der Waals surface area contributed by atoms with E-state index in [1.54, 1.807) is 22.2 Å². The van der Waals surface area contributed by atoms with Crippen molar-refractivity contribution in [2.24, 2.45) is 0 Å². The molecule has 80 valence electrons. The third-order valence-corrected chi connectivity index (χ3v) is 3.27. The zero-order valence-corrected chi connectivity index (χ0v) is 8.90. The van der Waals surface area contributed by atoms with Crippen molar-refractivity contribution in [1.82, 2.24) is 25.1 Å². The van der Waals surface area contributed by atoms with E-state index in [-0.39, 0.29) is 6.10 Å². The van der Waals surface area contributed by atoms with Crippen molar-refractivity contribution in [3.05, 3.63) is 11.3 Å². The fourth-order valence-electron chi connectivity index (χ4n) is 1.63. The van der Waals surface area contributed by atoms with Gasteiger partial charge in [0.25, 0.3) is 0 Å². The van der Waals surface area contributed by atoms with Gasteiger partial charge < -0.3 is 10.1 Å². The average Bonchev–Trinajstić information content (AvgIpc) is 2.79. The summed E-state index contributed by atoms with van der Waals surface area (Å²) in [5, 5.41) is 16.4. The average molecular weight is 225 g/mol. The monoisotopic (exact) mass is 225 g/mol. The second-order valence-electron chi connectivity index (χ2n) is 3.45. The molecule has 0 spiro atoms. The lowest BCUT2D eigenvalue weighted by molar-refractivity contribution is 0.0291. The molecular formula is C8H11N5OS. The Morgan fingerprint density at radius 1 is 1.67 bits per heavy atom. The molecule has 2 aromatic rings. The van der Waals surface area contributed by atoms with Crippen molar-refractivity contribution in [1.29, 1.82) is 0 Å². The summed E-state index contributed by atoms with van der Waals surface area (Å²) in [6.45, 7) is 2.64. The van der Waals surface area contributed by atoms with Crippen LogP contribution in [0.15, 0.2) is 6.33 Å². The minimum absolute atomic E-state index is 0.238. The van der Waals surface area contributed by atoms with Gasteiger partial charge in [0.2, 0.25) is 4.96 Å². The summed E-state index contributed by atoms with van der Waals surface area (Å²) in [6, 6.07) is 0. The van der Waals surface area contributed by atoms with Crippen molar-refractivity contribution >= 4 is 16.3 Å². The van der Waals surface area contributed by atoms with Crippen molar-refractivity contribution in [2.75, 3.05) is 19.7 Å². The number of hydrogen-bond donors (Lipinski definition) is 1. The predicted molar refractivity (Wildman–Crippen MR) is 55.0 cm³/mol. The van der Waals surface area contributed by atoms with Gasteiger partial charge in [-0.15, -0.1) is 10.2 Å². The van der Waals surface area contributed by atoms with Gasteiger partial charge in [0.05, 0.1) is 12.7 Å². The maximum absolute atomic E-state index is 5.61. The van der Waals surface area contributed by atoms with Crippen molar-refractivity contribution in [3.63, 3.8) is 0 Å². The van der Waals surface area contributed by atoms with Crippen LogP contribution in [0.5, 0.6) is 0 Å². The van der Waals surface area contributed by atoms with Crippen LogP contribution < -0.4 is 5.32 Å². The Morgan fingerprint density at radius 3 is 3.47 bits per heavy atom. The van der Waals surface area contributed by atoms with Crippen molar-refractivity contribution in [3.8, 4) is 0 Å². The quantitative estimate of drug-likeness (QED) is 0.761. The zero-order chi connectivity index (χ0) is 10.1. The highest BCUT2D eigenvalue weighted by atomic mass is 32.1. The van der Waals surface area contributed by atoms with Crippen LogP contribution in [0.2, 0.25) is 0 Å². The summed E-state index contributed by atoms with van der Waals surface area (Å²) in [7, 11) is 0. The van der Waals surface area contributed by atoms with Crippen molar-refractivity contribution < 1.29 is 4.74 Å². The first-order chi connectivity index (χ1) is 7.42. The molecule has 6 nitrogen and oxygen atoms in total. The number of hydrogen-bond acceptors (Lipinski definition) is 6. The zero-order valence-electron chi connectivity index (χ0n) is 8.09. The molecule has 3 rings (SSSR count). The smallest absolute Gasteiger partial charge is 0.234 e. The van der Waals surface area contributed by atoms with E-state index >= 15 is 0 Å². The Balaban J connectivity index is 1.74. The van der Waals surface area contributed by atoms with Crippen LogP contribution in [0, 0.1) is 0 Å². The summed E-state index contributed by atoms with van der Waals surface area (Å²) < 4.78 is 7.32. The largest absolute Gasteiger partial charge is 0.375 e. The first-order valence-electron chi connectivity index (χ1n) is 4.90. The lowest BCUT2D eigenvalue weighted by Gasteiger charge is -2.22.